The number of aromatic hydroxyl groups is 1. The highest BCUT2D eigenvalue weighted by molar-refractivity contribution is 6.00. The quantitative estimate of drug-likeness (QED) is 0.452. The average Bonchev–Trinajstić information content (AvgIpc) is 2.23. The largest absolute Gasteiger partial charge is 0.506 e. The fraction of sp³-hybridized carbons (Fsp3) is 0.300. The molecule has 0 aliphatic carbocycles. The number of anilines is 1. The molecule has 0 bridgehead atoms. The third-order valence-electron chi connectivity index (χ3n) is 2.20. The van der Waals surface area contributed by atoms with Crippen LogP contribution in [0.15, 0.2) is 23.2 Å². The maximum absolute atomic E-state index is 9.26. The summed E-state index contributed by atoms with van der Waals surface area (Å²) in [5.74, 6) is 0.980. The van der Waals surface area contributed by atoms with E-state index in [0.717, 1.165) is 30.9 Å². The first-order valence-corrected chi connectivity index (χ1v) is 4.64. The van der Waals surface area contributed by atoms with Gasteiger partial charge < -0.3 is 16.2 Å². The molecule has 0 aromatic heterocycles. The number of rotatable bonds is 1. The van der Waals surface area contributed by atoms with E-state index in [2.05, 4.69) is 10.3 Å². The van der Waals surface area contributed by atoms with E-state index in [1.54, 1.807) is 12.1 Å². The second-order valence-corrected chi connectivity index (χ2v) is 3.28. The molecule has 2 rings (SSSR count). The van der Waals surface area contributed by atoms with Crippen molar-refractivity contribution in [1.29, 1.82) is 0 Å². The van der Waals surface area contributed by atoms with Crippen LogP contribution in [-0.4, -0.2) is 24.0 Å². The first kappa shape index (κ1) is 8.87. The van der Waals surface area contributed by atoms with Gasteiger partial charge in [0.2, 0.25) is 0 Å². The summed E-state index contributed by atoms with van der Waals surface area (Å²) in [7, 11) is 0. The van der Waals surface area contributed by atoms with E-state index in [0.29, 0.717) is 5.69 Å². The molecule has 0 saturated carbocycles. The van der Waals surface area contributed by atoms with E-state index in [-0.39, 0.29) is 5.75 Å². The van der Waals surface area contributed by atoms with Crippen LogP contribution in [0.4, 0.5) is 5.69 Å². The van der Waals surface area contributed by atoms with Gasteiger partial charge in [0.1, 0.15) is 11.6 Å². The molecular weight excluding hydrogens is 178 g/mol. The van der Waals surface area contributed by atoms with Gasteiger partial charge in [-0.15, -0.1) is 0 Å². The molecule has 1 heterocycles. The van der Waals surface area contributed by atoms with E-state index in [4.69, 9.17) is 5.73 Å². The smallest absolute Gasteiger partial charge is 0.138 e. The maximum Gasteiger partial charge on any atom is 0.138 e. The predicted molar refractivity (Wildman–Crippen MR) is 56.5 cm³/mol. The van der Waals surface area contributed by atoms with Crippen LogP contribution in [0.25, 0.3) is 0 Å². The summed E-state index contributed by atoms with van der Waals surface area (Å²) >= 11 is 0. The van der Waals surface area contributed by atoms with Crippen molar-refractivity contribution in [2.24, 2.45) is 4.99 Å². The van der Waals surface area contributed by atoms with Crippen LogP contribution in [0, 0.1) is 0 Å². The van der Waals surface area contributed by atoms with Crippen LogP contribution >= 0.6 is 0 Å². The Morgan fingerprint density at radius 3 is 2.93 bits per heavy atom. The van der Waals surface area contributed by atoms with Crippen molar-refractivity contribution in [2.45, 2.75) is 6.42 Å². The van der Waals surface area contributed by atoms with Gasteiger partial charge in [-0.05, 0) is 24.6 Å². The molecule has 0 radical (unpaired) electrons. The summed E-state index contributed by atoms with van der Waals surface area (Å²) < 4.78 is 0. The molecule has 1 aromatic carbocycles. The van der Waals surface area contributed by atoms with Crippen LogP contribution in [-0.2, 0) is 0 Å². The van der Waals surface area contributed by atoms with Crippen LogP contribution < -0.4 is 11.1 Å². The topological polar surface area (TPSA) is 70.6 Å². The minimum absolute atomic E-state index is 0.116. The number of hydrogen-bond donors (Lipinski definition) is 3. The summed E-state index contributed by atoms with van der Waals surface area (Å²) in [6.45, 7) is 1.79. The van der Waals surface area contributed by atoms with E-state index in [1.807, 2.05) is 6.07 Å². The molecule has 0 amide bonds. The molecule has 4 heteroatoms. The second-order valence-electron chi connectivity index (χ2n) is 3.28. The highest BCUT2D eigenvalue weighted by Crippen LogP contribution is 2.20. The Labute approximate surface area is 82.5 Å². The molecule has 0 unspecified atom stereocenters. The highest BCUT2D eigenvalue weighted by atomic mass is 16.3. The molecule has 0 fully saturated rings. The molecule has 0 atom stereocenters. The van der Waals surface area contributed by atoms with E-state index in [1.165, 1.54) is 0 Å². The number of phenols is 1. The number of amidine groups is 1. The lowest BCUT2D eigenvalue weighted by molar-refractivity contribution is 0.478. The lowest BCUT2D eigenvalue weighted by Gasteiger charge is -2.15. The zero-order valence-corrected chi connectivity index (χ0v) is 7.83. The molecule has 1 aliphatic rings. The third-order valence-corrected chi connectivity index (χ3v) is 2.20. The molecule has 74 valence electrons. The van der Waals surface area contributed by atoms with Gasteiger partial charge in [-0.2, -0.15) is 0 Å². The summed E-state index contributed by atoms with van der Waals surface area (Å²) in [5.41, 5.74) is 6.91. The van der Waals surface area contributed by atoms with Gasteiger partial charge in [-0.1, -0.05) is 0 Å². The minimum atomic E-state index is 0.116. The van der Waals surface area contributed by atoms with Crippen molar-refractivity contribution in [2.75, 3.05) is 18.8 Å². The Bertz CT molecular complexity index is 374. The fourth-order valence-corrected chi connectivity index (χ4v) is 1.43. The summed E-state index contributed by atoms with van der Waals surface area (Å²) in [6, 6.07) is 5.12. The molecule has 0 saturated heterocycles. The molecule has 0 spiro atoms. The highest BCUT2D eigenvalue weighted by Gasteiger charge is 2.08. The van der Waals surface area contributed by atoms with Crippen molar-refractivity contribution in [3.63, 3.8) is 0 Å². The molecular formula is C10H13N3O. The van der Waals surface area contributed by atoms with Crippen molar-refractivity contribution < 1.29 is 5.11 Å². The van der Waals surface area contributed by atoms with Crippen molar-refractivity contribution in [3.8, 4) is 5.75 Å². The number of aliphatic imine (C=N–C) groups is 1. The number of nitrogens with two attached hydrogens (primary N) is 1. The predicted octanol–water partition coefficient (Wildman–Crippen LogP) is 0.714. The number of benzene rings is 1. The Kier molecular flexibility index (Phi) is 2.26. The van der Waals surface area contributed by atoms with Crippen molar-refractivity contribution >= 4 is 11.5 Å². The Balaban J connectivity index is 2.32. The standard InChI is InChI=1S/C10H13N3O/c11-8-6-7(2-3-9(8)14)10-12-4-1-5-13-10/h2-3,6,14H,1,4-5,11H2,(H,12,13). The molecule has 14 heavy (non-hydrogen) atoms. The van der Waals surface area contributed by atoms with Crippen LogP contribution in [0.1, 0.15) is 12.0 Å². The maximum atomic E-state index is 9.26. The molecule has 4 nitrogen and oxygen atoms in total. The number of nitrogens with one attached hydrogen (secondary N) is 1. The van der Waals surface area contributed by atoms with Gasteiger partial charge in [0.25, 0.3) is 0 Å². The zero-order chi connectivity index (χ0) is 9.97. The lowest BCUT2D eigenvalue weighted by Crippen LogP contribution is -2.30. The minimum Gasteiger partial charge on any atom is -0.506 e. The Morgan fingerprint density at radius 2 is 2.29 bits per heavy atom. The normalized spacial score (nSPS) is 15.9. The van der Waals surface area contributed by atoms with E-state index >= 15 is 0 Å². The molecule has 1 aliphatic heterocycles. The van der Waals surface area contributed by atoms with Gasteiger partial charge in [-0.3, -0.25) is 4.99 Å². The van der Waals surface area contributed by atoms with Gasteiger partial charge >= 0.3 is 0 Å². The third kappa shape index (κ3) is 1.64. The zero-order valence-electron chi connectivity index (χ0n) is 7.83. The monoisotopic (exact) mass is 191 g/mol. The first-order chi connectivity index (χ1) is 6.77. The van der Waals surface area contributed by atoms with Crippen LogP contribution in [0.3, 0.4) is 0 Å². The first-order valence-electron chi connectivity index (χ1n) is 4.64. The number of phenolic OH excluding ortho intramolecular Hbond substituents is 1. The summed E-state index contributed by atoms with van der Waals surface area (Å²) in [6.07, 6.45) is 1.07. The van der Waals surface area contributed by atoms with Gasteiger partial charge in [0.15, 0.2) is 0 Å². The number of nitrogen functional groups attached to an aromatic ring is 1. The molecule has 4 N–H and O–H groups in total. The van der Waals surface area contributed by atoms with E-state index in [9.17, 15) is 5.11 Å². The van der Waals surface area contributed by atoms with Crippen molar-refractivity contribution in [3.05, 3.63) is 23.8 Å². The lowest BCUT2D eigenvalue weighted by atomic mass is 10.1. The second kappa shape index (κ2) is 3.57. The number of nitrogens with zero attached hydrogens (tertiary/aromatic N) is 1. The summed E-state index contributed by atoms with van der Waals surface area (Å²) in [5, 5.41) is 12.5. The van der Waals surface area contributed by atoms with E-state index < -0.39 is 0 Å². The van der Waals surface area contributed by atoms with Gasteiger partial charge in [0.05, 0.1) is 5.69 Å². The Morgan fingerprint density at radius 1 is 1.43 bits per heavy atom. The molecule has 1 aromatic rings. The summed E-state index contributed by atoms with van der Waals surface area (Å²) in [4.78, 5) is 4.34. The van der Waals surface area contributed by atoms with Crippen LogP contribution in [0.5, 0.6) is 5.75 Å². The fourth-order valence-electron chi connectivity index (χ4n) is 1.43. The Hall–Kier alpha value is -1.71. The van der Waals surface area contributed by atoms with Gasteiger partial charge in [0, 0.05) is 18.7 Å². The van der Waals surface area contributed by atoms with Crippen molar-refractivity contribution in [1.82, 2.24) is 5.32 Å². The number of hydrogen-bond acceptors (Lipinski definition) is 4. The SMILES string of the molecule is Nc1cc(C2=NCCCN2)ccc1O. The average molecular weight is 191 g/mol. The van der Waals surface area contributed by atoms with Gasteiger partial charge in [-0.25, -0.2) is 0 Å². The van der Waals surface area contributed by atoms with Crippen LogP contribution in [0.2, 0.25) is 0 Å².